The molecule has 3 aromatic rings. The zero-order chi connectivity index (χ0) is 29.0. The predicted molar refractivity (Wildman–Crippen MR) is 146 cm³/mol. The van der Waals surface area contributed by atoms with Gasteiger partial charge in [-0.1, -0.05) is 30.4 Å². The van der Waals surface area contributed by atoms with Crippen LogP contribution in [0.5, 0.6) is 5.75 Å². The molecule has 3 aliphatic heterocycles. The van der Waals surface area contributed by atoms with E-state index in [1.54, 1.807) is 23.1 Å². The molecule has 0 radical (unpaired) electrons. The number of fused-ring (bicyclic) bond motifs is 5. The number of hydrogen-bond acceptors (Lipinski definition) is 9. The molecule has 0 spiro atoms. The molecular weight excluding hydrogens is 534 g/mol. The third-order valence-corrected chi connectivity index (χ3v) is 7.64. The van der Waals surface area contributed by atoms with E-state index in [1.807, 2.05) is 18.2 Å². The molecule has 3 aromatic carbocycles. The van der Waals surface area contributed by atoms with Gasteiger partial charge in [0.1, 0.15) is 17.5 Å². The number of nitro groups is 2. The molecule has 3 amide bonds. The maximum atomic E-state index is 14.1. The van der Waals surface area contributed by atoms with Gasteiger partial charge in [-0.2, -0.15) is 0 Å². The van der Waals surface area contributed by atoms with E-state index in [2.05, 4.69) is 5.32 Å². The van der Waals surface area contributed by atoms with Crippen molar-refractivity contribution in [2.24, 2.45) is 11.8 Å². The van der Waals surface area contributed by atoms with Gasteiger partial charge in [-0.05, 0) is 29.8 Å². The Labute approximate surface area is 231 Å². The van der Waals surface area contributed by atoms with Gasteiger partial charge >= 0.3 is 0 Å². The van der Waals surface area contributed by atoms with Gasteiger partial charge in [0.05, 0.1) is 34.8 Å². The molecule has 13 heteroatoms. The van der Waals surface area contributed by atoms with Crippen LogP contribution in [0.2, 0.25) is 0 Å². The Morgan fingerprint density at radius 1 is 0.878 bits per heavy atom. The zero-order valence-corrected chi connectivity index (χ0v) is 21.4. The van der Waals surface area contributed by atoms with Gasteiger partial charge in [0.25, 0.3) is 11.4 Å². The van der Waals surface area contributed by atoms with Crippen molar-refractivity contribution in [3.05, 3.63) is 98.6 Å². The highest BCUT2D eigenvalue weighted by molar-refractivity contribution is 6.26. The summed E-state index contributed by atoms with van der Waals surface area (Å²) in [7, 11) is 1.32. The number of anilines is 3. The topological polar surface area (TPSA) is 165 Å². The molecule has 2 saturated heterocycles. The van der Waals surface area contributed by atoms with Crippen LogP contribution in [0.1, 0.15) is 5.56 Å². The fourth-order valence-electron chi connectivity index (χ4n) is 5.90. The first-order valence-corrected chi connectivity index (χ1v) is 12.5. The van der Waals surface area contributed by atoms with Crippen LogP contribution >= 0.6 is 0 Å². The Kier molecular flexibility index (Phi) is 5.98. The van der Waals surface area contributed by atoms with E-state index in [1.165, 1.54) is 43.5 Å². The van der Waals surface area contributed by atoms with Crippen molar-refractivity contribution in [2.45, 2.75) is 12.1 Å². The van der Waals surface area contributed by atoms with E-state index in [4.69, 9.17) is 4.74 Å². The van der Waals surface area contributed by atoms with Crippen molar-refractivity contribution in [1.82, 2.24) is 0 Å². The van der Waals surface area contributed by atoms with Crippen LogP contribution in [-0.4, -0.2) is 46.8 Å². The number of benzene rings is 3. The first kappa shape index (κ1) is 25.7. The van der Waals surface area contributed by atoms with E-state index in [0.29, 0.717) is 5.69 Å². The van der Waals surface area contributed by atoms with Crippen LogP contribution in [-0.2, 0) is 14.4 Å². The number of para-hydroxylation sites is 1. The highest BCUT2D eigenvalue weighted by Crippen LogP contribution is 2.50. The molecule has 3 aliphatic rings. The Bertz CT molecular complexity index is 1670. The van der Waals surface area contributed by atoms with Crippen LogP contribution in [0, 0.1) is 32.1 Å². The summed E-state index contributed by atoms with van der Waals surface area (Å²) < 4.78 is 5.32. The molecule has 6 rings (SSSR count). The van der Waals surface area contributed by atoms with Crippen molar-refractivity contribution in [3.63, 3.8) is 0 Å². The Morgan fingerprint density at radius 3 is 2.22 bits per heavy atom. The van der Waals surface area contributed by atoms with Gasteiger partial charge < -0.3 is 15.0 Å². The highest BCUT2D eigenvalue weighted by Gasteiger charge is 2.64. The molecule has 2 fully saturated rings. The van der Waals surface area contributed by atoms with Crippen molar-refractivity contribution < 1.29 is 29.0 Å². The van der Waals surface area contributed by atoms with Gasteiger partial charge in [0, 0.05) is 35.6 Å². The van der Waals surface area contributed by atoms with E-state index in [9.17, 15) is 34.6 Å². The summed E-state index contributed by atoms with van der Waals surface area (Å²) in [6, 6.07) is 14.3. The summed E-state index contributed by atoms with van der Waals surface area (Å²) in [5.41, 5.74) is 1.17. The molecule has 206 valence electrons. The number of hydrogen-bond donors (Lipinski definition) is 1. The second-order valence-corrected chi connectivity index (χ2v) is 9.73. The van der Waals surface area contributed by atoms with Crippen LogP contribution in [0.4, 0.5) is 28.4 Å². The van der Waals surface area contributed by atoms with Crippen molar-refractivity contribution >= 4 is 52.2 Å². The van der Waals surface area contributed by atoms with Gasteiger partial charge in [0.2, 0.25) is 17.7 Å². The Balaban J connectivity index is 1.43. The molecule has 0 saturated carbocycles. The number of amides is 3. The number of nitrogens with one attached hydrogen (secondary N) is 1. The van der Waals surface area contributed by atoms with Gasteiger partial charge in [-0.3, -0.25) is 34.6 Å². The van der Waals surface area contributed by atoms with Crippen LogP contribution in [0.15, 0.2) is 72.8 Å². The third-order valence-electron chi connectivity index (χ3n) is 7.64. The summed E-state index contributed by atoms with van der Waals surface area (Å²) in [6.45, 7) is 0. The van der Waals surface area contributed by atoms with Gasteiger partial charge in [-0.15, -0.1) is 0 Å². The lowest BCUT2D eigenvalue weighted by atomic mass is 9.88. The molecule has 0 aliphatic carbocycles. The summed E-state index contributed by atoms with van der Waals surface area (Å²) >= 11 is 0. The number of rotatable bonds is 6. The average Bonchev–Trinajstić information content (AvgIpc) is 3.45. The van der Waals surface area contributed by atoms with E-state index in [0.717, 1.165) is 16.5 Å². The number of carbonyl (C=O) groups excluding carboxylic acids is 3. The van der Waals surface area contributed by atoms with Crippen LogP contribution in [0.25, 0.3) is 6.08 Å². The molecule has 41 heavy (non-hydrogen) atoms. The summed E-state index contributed by atoms with van der Waals surface area (Å²) in [6.07, 6.45) is 3.61. The fourth-order valence-corrected chi connectivity index (χ4v) is 5.90. The predicted octanol–water partition coefficient (Wildman–Crippen LogP) is 3.54. The lowest BCUT2D eigenvalue weighted by Crippen LogP contribution is -2.50. The number of nitro benzene ring substituents is 2. The minimum absolute atomic E-state index is 0.0765. The first-order valence-electron chi connectivity index (χ1n) is 12.5. The Morgan fingerprint density at radius 2 is 1.54 bits per heavy atom. The number of carbonyl (C=O) groups is 3. The molecule has 4 unspecified atom stereocenters. The number of methoxy groups -OCH3 is 1. The van der Waals surface area contributed by atoms with Crippen molar-refractivity contribution in [2.75, 3.05) is 22.2 Å². The zero-order valence-electron chi connectivity index (χ0n) is 21.4. The minimum atomic E-state index is -1.14. The molecule has 13 nitrogen and oxygen atoms in total. The molecular formula is C28H21N5O8. The number of imide groups is 1. The second-order valence-electron chi connectivity index (χ2n) is 9.73. The number of ether oxygens (including phenoxy) is 1. The van der Waals surface area contributed by atoms with Crippen molar-refractivity contribution in [3.8, 4) is 5.75 Å². The summed E-state index contributed by atoms with van der Waals surface area (Å²) in [4.78, 5) is 65.9. The normalized spacial score (nSPS) is 22.2. The molecule has 3 heterocycles. The molecule has 0 bridgehead atoms. The molecule has 4 atom stereocenters. The monoisotopic (exact) mass is 555 g/mol. The largest absolute Gasteiger partial charge is 0.495 e. The average molecular weight is 556 g/mol. The lowest BCUT2D eigenvalue weighted by molar-refractivity contribution is -0.385. The van der Waals surface area contributed by atoms with Gasteiger partial charge in [-0.25, -0.2) is 4.90 Å². The number of nitrogens with zero attached hydrogens (tertiary/aromatic N) is 4. The van der Waals surface area contributed by atoms with E-state index >= 15 is 0 Å². The van der Waals surface area contributed by atoms with Crippen LogP contribution < -0.4 is 19.9 Å². The number of non-ortho nitro benzene ring substituents is 2. The summed E-state index contributed by atoms with van der Waals surface area (Å²) in [5, 5.41) is 25.3. The lowest BCUT2D eigenvalue weighted by Gasteiger charge is -2.36. The smallest absolute Gasteiger partial charge is 0.271 e. The van der Waals surface area contributed by atoms with E-state index in [-0.39, 0.29) is 28.5 Å². The minimum Gasteiger partial charge on any atom is -0.495 e. The van der Waals surface area contributed by atoms with E-state index < -0.39 is 51.5 Å². The quantitative estimate of drug-likeness (QED) is 0.272. The maximum Gasteiger partial charge on any atom is 0.271 e. The summed E-state index contributed by atoms with van der Waals surface area (Å²) in [5.74, 6) is -3.90. The maximum absolute atomic E-state index is 14.1. The fraction of sp³-hybridized carbons (Fsp3) is 0.179. The standard InChI is InChI=1S/C28H21N5O8/c1-41-22-13-11-18(33(39)40)14-21(22)31-27(35)23-20-12-6-15-4-2-3-5-19(15)30(20)25(24(23)28(31)36)26(34)29-16-7-9-17(10-8-16)32(37)38/h2-14,20,23-25H,1H3,(H,29,34). The first-order chi connectivity index (χ1) is 19.7. The van der Waals surface area contributed by atoms with Crippen molar-refractivity contribution in [1.29, 1.82) is 0 Å². The highest BCUT2D eigenvalue weighted by atomic mass is 16.6. The Hall–Kier alpha value is -5.59. The second kappa shape index (κ2) is 9.55. The SMILES string of the molecule is COc1ccc([N+](=O)[O-])cc1N1C(=O)C2C(C1=O)C(C(=O)Nc1ccc([N+](=O)[O-])cc1)N1c3ccccc3C=CC21. The molecule has 1 N–H and O–H groups in total. The molecule has 0 aromatic heterocycles. The van der Waals surface area contributed by atoms with Gasteiger partial charge in [0.15, 0.2) is 0 Å². The third kappa shape index (κ3) is 3.97. The van der Waals surface area contributed by atoms with Crippen LogP contribution in [0.3, 0.4) is 0 Å².